The van der Waals surface area contributed by atoms with Crippen LogP contribution in [0.25, 0.3) is 0 Å². The Labute approximate surface area is 112 Å². The molecule has 0 rings (SSSR count). The second-order valence-corrected chi connectivity index (χ2v) is 4.06. The van der Waals surface area contributed by atoms with Crippen molar-refractivity contribution >= 4 is 18.0 Å². The van der Waals surface area contributed by atoms with Crippen molar-refractivity contribution in [2.24, 2.45) is 5.92 Å². The molecule has 0 aromatic heterocycles. The number of hydrogen-bond acceptors (Lipinski definition) is 5. The topological polar surface area (TPSA) is 93.7 Å². The van der Waals surface area contributed by atoms with Gasteiger partial charge in [-0.2, -0.15) is 0 Å². The van der Waals surface area contributed by atoms with Crippen LogP contribution in [0, 0.1) is 5.92 Å². The third kappa shape index (κ3) is 7.80. The molecule has 2 N–H and O–H groups in total. The number of rotatable bonds is 6. The van der Waals surface area contributed by atoms with Gasteiger partial charge in [-0.1, -0.05) is 13.8 Å². The van der Waals surface area contributed by atoms with Crippen LogP contribution < -0.4 is 10.6 Å². The van der Waals surface area contributed by atoms with Crippen LogP contribution >= 0.6 is 0 Å². The van der Waals surface area contributed by atoms with Crippen LogP contribution in [0.15, 0.2) is 12.2 Å². The number of esters is 2. The fourth-order valence-electron chi connectivity index (χ4n) is 1.07. The number of nitrogens with one attached hydrogen (secondary N) is 2. The summed E-state index contributed by atoms with van der Waals surface area (Å²) in [4.78, 5) is 33.3. The molecule has 0 aliphatic heterocycles. The van der Waals surface area contributed by atoms with Gasteiger partial charge in [0.2, 0.25) is 0 Å². The Morgan fingerprint density at radius 1 is 1.16 bits per heavy atom. The molecule has 0 bridgehead atoms. The average molecular weight is 272 g/mol. The van der Waals surface area contributed by atoms with Crippen molar-refractivity contribution in [1.29, 1.82) is 0 Å². The quantitative estimate of drug-likeness (QED) is 0.532. The Hall–Kier alpha value is -2.05. The third-order valence-electron chi connectivity index (χ3n) is 2.31. The van der Waals surface area contributed by atoms with E-state index in [9.17, 15) is 14.4 Å². The molecule has 108 valence electrons. The number of hydrogen-bond donors (Lipinski definition) is 2. The average Bonchev–Trinajstić information content (AvgIpc) is 2.39. The van der Waals surface area contributed by atoms with E-state index in [4.69, 9.17) is 4.74 Å². The normalized spacial score (nSPS) is 12.1. The zero-order chi connectivity index (χ0) is 14.8. The summed E-state index contributed by atoms with van der Waals surface area (Å²) in [5, 5.41) is 5.07. The SMILES string of the molecule is CNC(=O)N[C@@H](COC(=O)/C=C/C(=O)OC)C(C)C. The van der Waals surface area contributed by atoms with E-state index in [1.165, 1.54) is 14.2 Å². The molecule has 2 amide bonds. The number of methoxy groups -OCH3 is 1. The Morgan fingerprint density at radius 2 is 1.74 bits per heavy atom. The van der Waals surface area contributed by atoms with E-state index >= 15 is 0 Å². The first-order chi connectivity index (χ1) is 8.90. The summed E-state index contributed by atoms with van der Waals surface area (Å²) in [6.07, 6.45) is 1.95. The van der Waals surface area contributed by atoms with Gasteiger partial charge in [-0.15, -0.1) is 0 Å². The summed E-state index contributed by atoms with van der Waals surface area (Å²) in [5.74, 6) is -1.22. The highest BCUT2D eigenvalue weighted by Crippen LogP contribution is 2.02. The molecule has 0 saturated heterocycles. The molecule has 1 atom stereocenters. The van der Waals surface area contributed by atoms with Gasteiger partial charge < -0.3 is 20.1 Å². The number of ether oxygens (including phenoxy) is 2. The van der Waals surface area contributed by atoms with Gasteiger partial charge in [0.15, 0.2) is 0 Å². The van der Waals surface area contributed by atoms with Gasteiger partial charge in [0.05, 0.1) is 13.2 Å². The largest absolute Gasteiger partial charge is 0.466 e. The van der Waals surface area contributed by atoms with Crippen molar-refractivity contribution in [2.75, 3.05) is 20.8 Å². The van der Waals surface area contributed by atoms with Gasteiger partial charge >= 0.3 is 18.0 Å². The van der Waals surface area contributed by atoms with Gasteiger partial charge in [0, 0.05) is 19.2 Å². The van der Waals surface area contributed by atoms with Gasteiger partial charge in [0.1, 0.15) is 6.61 Å². The predicted molar refractivity (Wildman–Crippen MR) is 68.3 cm³/mol. The molecule has 0 radical (unpaired) electrons. The van der Waals surface area contributed by atoms with Crippen molar-refractivity contribution in [3.05, 3.63) is 12.2 Å². The molecule has 0 unspecified atom stereocenters. The molecule has 7 nitrogen and oxygen atoms in total. The molecule has 7 heteroatoms. The van der Waals surface area contributed by atoms with Crippen LogP contribution in [-0.4, -0.2) is 44.8 Å². The van der Waals surface area contributed by atoms with Crippen molar-refractivity contribution < 1.29 is 23.9 Å². The summed E-state index contributed by atoms with van der Waals surface area (Å²) in [7, 11) is 2.71. The summed E-state index contributed by atoms with van der Waals surface area (Å²) >= 11 is 0. The van der Waals surface area contributed by atoms with E-state index < -0.39 is 11.9 Å². The maximum atomic E-state index is 11.3. The molecular formula is C12H20N2O5. The smallest absolute Gasteiger partial charge is 0.331 e. The Balaban J connectivity index is 4.25. The summed E-state index contributed by atoms with van der Waals surface area (Å²) in [6.45, 7) is 3.80. The number of carbonyl (C=O) groups excluding carboxylic acids is 3. The van der Waals surface area contributed by atoms with Crippen LogP contribution in [-0.2, 0) is 19.1 Å². The Morgan fingerprint density at radius 3 is 2.21 bits per heavy atom. The molecular weight excluding hydrogens is 252 g/mol. The maximum Gasteiger partial charge on any atom is 0.331 e. The number of carbonyl (C=O) groups is 3. The minimum absolute atomic E-state index is 0.0232. The van der Waals surface area contributed by atoms with E-state index in [2.05, 4.69) is 15.4 Å². The monoisotopic (exact) mass is 272 g/mol. The van der Waals surface area contributed by atoms with Crippen molar-refractivity contribution in [2.45, 2.75) is 19.9 Å². The highest BCUT2D eigenvalue weighted by Gasteiger charge is 2.17. The molecule has 0 spiro atoms. The van der Waals surface area contributed by atoms with Crippen LogP contribution in [0.2, 0.25) is 0 Å². The van der Waals surface area contributed by atoms with Crippen molar-refractivity contribution in [3.8, 4) is 0 Å². The van der Waals surface area contributed by atoms with E-state index in [1.807, 2.05) is 13.8 Å². The first kappa shape index (κ1) is 16.9. The fourth-order valence-corrected chi connectivity index (χ4v) is 1.07. The van der Waals surface area contributed by atoms with Crippen LogP contribution in [0.4, 0.5) is 4.79 Å². The maximum absolute atomic E-state index is 11.3. The first-order valence-electron chi connectivity index (χ1n) is 5.81. The van der Waals surface area contributed by atoms with E-state index in [0.717, 1.165) is 12.2 Å². The summed E-state index contributed by atoms with van der Waals surface area (Å²) in [5.41, 5.74) is 0. The Bertz CT molecular complexity index is 352. The number of urea groups is 1. The van der Waals surface area contributed by atoms with Gasteiger partial charge in [-0.05, 0) is 5.92 Å². The predicted octanol–water partition coefficient (Wildman–Crippen LogP) is 0.212. The van der Waals surface area contributed by atoms with E-state index in [1.54, 1.807) is 0 Å². The molecule has 0 aliphatic carbocycles. The van der Waals surface area contributed by atoms with E-state index in [-0.39, 0.29) is 24.6 Å². The molecule has 19 heavy (non-hydrogen) atoms. The molecule has 0 saturated carbocycles. The highest BCUT2D eigenvalue weighted by molar-refractivity contribution is 5.91. The zero-order valence-corrected chi connectivity index (χ0v) is 11.6. The van der Waals surface area contributed by atoms with Crippen LogP contribution in [0.1, 0.15) is 13.8 Å². The number of amides is 2. The van der Waals surface area contributed by atoms with Gasteiger partial charge in [-0.3, -0.25) is 0 Å². The standard InChI is InChI=1S/C12H20N2O5/c1-8(2)9(14-12(17)13-3)7-19-11(16)6-5-10(15)18-4/h5-6,8-9H,7H2,1-4H3,(H2,13,14,17)/b6-5+/t9-/m0/s1. The fraction of sp³-hybridized carbons (Fsp3) is 0.583. The van der Waals surface area contributed by atoms with Gasteiger partial charge in [0.25, 0.3) is 0 Å². The lowest BCUT2D eigenvalue weighted by atomic mass is 10.1. The first-order valence-corrected chi connectivity index (χ1v) is 5.81. The molecule has 0 heterocycles. The Kier molecular flexibility index (Phi) is 7.99. The molecule has 0 aliphatic rings. The minimum atomic E-state index is -0.672. The van der Waals surface area contributed by atoms with Crippen molar-refractivity contribution in [1.82, 2.24) is 10.6 Å². The lowest BCUT2D eigenvalue weighted by molar-refractivity contribution is -0.140. The third-order valence-corrected chi connectivity index (χ3v) is 2.31. The lowest BCUT2D eigenvalue weighted by Gasteiger charge is -2.21. The molecule has 0 aromatic rings. The molecule has 0 fully saturated rings. The summed E-state index contributed by atoms with van der Waals surface area (Å²) < 4.78 is 9.26. The van der Waals surface area contributed by atoms with Crippen molar-refractivity contribution in [3.63, 3.8) is 0 Å². The molecule has 0 aromatic carbocycles. The highest BCUT2D eigenvalue weighted by atomic mass is 16.5. The summed E-state index contributed by atoms with van der Waals surface area (Å²) in [6, 6.07) is -0.657. The van der Waals surface area contributed by atoms with Gasteiger partial charge in [-0.25, -0.2) is 14.4 Å². The second-order valence-electron chi connectivity index (χ2n) is 4.06. The zero-order valence-electron chi connectivity index (χ0n) is 11.6. The second kappa shape index (κ2) is 8.96. The minimum Gasteiger partial charge on any atom is -0.466 e. The van der Waals surface area contributed by atoms with Crippen LogP contribution in [0.3, 0.4) is 0 Å². The van der Waals surface area contributed by atoms with Crippen LogP contribution in [0.5, 0.6) is 0 Å². The van der Waals surface area contributed by atoms with E-state index in [0.29, 0.717) is 0 Å². The lowest BCUT2D eigenvalue weighted by Crippen LogP contribution is -2.46.